The first kappa shape index (κ1) is 11.3. The van der Waals surface area contributed by atoms with E-state index in [1.165, 1.54) is 0 Å². The number of ether oxygens (including phenoxy) is 1. The Morgan fingerprint density at radius 2 is 2.21 bits per heavy atom. The minimum absolute atomic E-state index is 0.154. The summed E-state index contributed by atoms with van der Waals surface area (Å²) in [6.45, 7) is 3.24. The largest absolute Gasteiger partial charge is 0.376 e. The molecule has 3 N–H and O–H groups in total. The lowest BCUT2D eigenvalue weighted by molar-refractivity contribution is 0.0357. The molecule has 0 unspecified atom stereocenters. The molecule has 14 heavy (non-hydrogen) atoms. The van der Waals surface area contributed by atoms with Crippen molar-refractivity contribution in [1.82, 2.24) is 16.0 Å². The molecule has 1 rings (SSSR count). The smallest absolute Gasteiger partial charge is 0.314 e. The van der Waals surface area contributed by atoms with Crippen LogP contribution in [0.15, 0.2) is 0 Å². The van der Waals surface area contributed by atoms with E-state index >= 15 is 0 Å². The number of carbonyl (C=O) groups is 1. The molecule has 0 aromatic heterocycles. The molecule has 0 radical (unpaired) electrons. The van der Waals surface area contributed by atoms with Crippen LogP contribution in [0.2, 0.25) is 0 Å². The molecule has 0 spiro atoms. The summed E-state index contributed by atoms with van der Waals surface area (Å²) in [6, 6.07) is -0.154. The highest BCUT2D eigenvalue weighted by atomic mass is 16.5. The van der Waals surface area contributed by atoms with Crippen molar-refractivity contribution in [3.05, 3.63) is 0 Å². The fraction of sp³-hybridized carbons (Fsp3) is 0.889. The molecule has 0 aromatic carbocycles. The molecular weight excluding hydrogens is 182 g/mol. The van der Waals surface area contributed by atoms with Crippen molar-refractivity contribution in [3.8, 4) is 0 Å². The molecule has 1 aliphatic rings. The Balaban J connectivity index is 1.94. The van der Waals surface area contributed by atoms with E-state index < -0.39 is 0 Å². The maximum atomic E-state index is 10.8. The van der Waals surface area contributed by atoms with Crippen LogP contribution in [0.4, 0.5) is 4.79 Å². The zero-order chi connectivity index (χ0) is 10.2. The van der Waals surface area contributed by atoms with E-state index in [2.05, 4.69) is 16.0 Å². The summed E-state index contributed by atoms with van der Waals surface area (Å²) in [4.78, 5) is 10.8. The summed E-state index contributed by atoms with van der Waals surface area (Å²) in [6.07, 6.45) is 2.50. The van der Waals surface area contributed by atoms with E-state index in [1.807, 2.05) is 0 Å². The van der Waals surface area contributed by atoms with Gasteiger partial charge in [-0.15, -0.1) is 0 Å². The molecule has 0 bridgehead atoms. The Labute approximate surface area is 84.6 Å². The molecule has 1 aliphatic heterocycles. The van der Waals surface area contributed by atoms with Gasteiger partial charge >= 0.3 is 6.03 Å². The van der Waals surface area contributed by atoms with Crippen molar-refractivity contribution in [2.75, 3.05) is 33.3 Å². The summed E-state index contributed by atoms with van der Waals surface area (Å²) in [5, 5.41) is 8.44. The Morgan fingerprint density at radius 1 is 1.50 bits per heavy atom. The predicted octanol–water partition coefficient (Wildman–Crippen LogP) is -0.316. The quantitative estimate of drug-likeness (QED) is 0.546. The van der Waals surface area contributed by atoms with Crippen LogP contribution in [-0.2, 0) is 4.74 Å². The lowest BCUT2D eigenvalue weighted by Gasteiger charge is -2.22. The second-order valence-electron chi connectivity index (χ2n) is 3.33. The third-order valence-corrected chi connectivity index (χ3v) is 2.25. The van der Waals surface area contributed by atoms with E-state index in [0.717, 1.165) is 25.9 Å². The molecule has 0 saturated carbocycles. The van der Waals surface area contributed by atoms with Crippen LogP contribution in [0.25, 0.3) is 0 Å². The molecular formula is C9H19N3O2. The van der Waals surface area contributed by atoms with Gasteiger partial charge in [0.2, 0.25) is 0 Å². The Morgan fingerprint density at radius 3 is 2.86 bits per heavy atom. The molecule has 0 aliphatic carbocycles. The van der Waals surface area contributed by atoms with Crippen LogP contribution in [0, 0.1) is 0 Å². The van der Waals surface area contributed by atoms with Gasteiger partial charge < -0.3 is 20.7 Å². The minimum Gasteiger partial charge on any atom is -0.376 e. The summed E-state index contributed by atoms with van der Waals surface area (Å²) in [5.41, 5.74) is 0. The maximum Gasteiger partial charge on any atom is 0.314 e. The Kier molecular flexibility index (Phi) is 5.32. The number of amides is 2. The Bertz CT molecular complexity index is 169. The number of piperidine rings is 1. The summed E-state index contributed by atoms with van der Waals surface area (Å²) < 4.78 is 5.60. The van der Waals surface area contributed by atoms with Crippen LogP contribution in [-0.4, -0.2) is 45.4 Å². The van der Waals surface area contributed by atoms with Crippen molar-refractivity contribution in [3.63, 3.8) is 0 Å². The first-order chi connectivity index (χ1) is 6.83. The van der Waals surface area contributed by atoms with Crippen LogP contribution >= 0.6 is 0 Å². The third-order valence-electron chi connectivity index (χ3n) is 2.25. The first-order valence-corrected chi connectivity index (χ1v) is 5.11. The van der Waals surface area contributed by atoms with E-state index in [0.29, 0.717) is 19.3 Å². The molecule has 1 heterocycles. The molecule has 82 valence electrons. The lowest BCUT2D eigenvalue weighted by Crippen LogP contribution is -2.37. The van der Waals surface area contributed by atoms with Crippen LogP contribution < -0.4 is 16.0 Å². The van der Waals surface area contributed by atoms with Crippen molar-refractivity contribution in [2.45, 2.75) is 18.9 Å². The zero-order valence-electron chi connectivity index (χ0n) is 8.64. The van der Waals surface area contributed by atoms with Gasteiger partial charge in [-0.05, 0) is 25.9 Å². The monoisotopic (exact) mass is 201 g/mol. The first-order valence-electron chi connectivity index (χ1n) is 5.11. The maximum absolute atomic E-state index is 10.8. The van der Waals surface area contributed by atoms with E-state index in [1.54, 1.807) is 7.05 Å². The van der Waals surface area contributed by atoms with Gasteiger partial charge in [-0.3, -0.25) is 0 Å². The van der Waals surface area contributed by atoms with Crippen molar-refractivity contribution < 1.29 is 9.53 Å². The fourth-order valence-electron chi connectivity index (χ4n) is 1.44. The zero-order valence-corrected chi connectivity index (χ0v) is 8.64. The van der Waals surface area contributed by atoms with Gasteiger partial charge in [0, 0.05) is 13.6 Å². The van der Waals surface area contributed by atoms with E-state index in [9.17, 15) is 4.79 Å². The topological polar surface area (TPSA) is 62.4 Å². The summed E-state index contributed by atoms with van der Waals surface area (Å²) in [5.74, 6) is 0. The number of urea groups is 1. The van der Waals surface area contributed by atoms with Gasteiger partial charge in [0.25, 0.3) is 0 Å². The highest BCUT2D eigenvalue weighted by Crippen LogP contribution is 2.05. The Hall–Kier alpha value is -0.810. The van der Waals surface area contributed by atoms with Gasteiger partial charge in [0.05, 0.1) is 12.7 Å². The number of carbonyl (C=O) groups excluding carboxylic acids is 1. The van der Waals surface area contributed by atoms with E-state index in [-0.39, 0.29) is 6.03 Å². The molecule has 1 saturated heterocycles. The molecule has 0 atom stereocenters. The van der Waals surface area contributed by atoms with Crippen molar-refractivity contribution in [2.24, 2.45) is 0 Å². The van der Waals surface area contributed by atoms with Gasteiger partial charge in [-0.25, -0.2) is 4.79 Å². The van der Waals surface area contributed by atoms with Gasteiger partial charge in [0.1, 0.15) is 0 Å². The van der Waals surface area contributed by atoms with Crippen molar-refractivity contribution >= 4 is 6.03 Å². The highest BCUT2D eigenvalue weighted by molar-refractivity contribution is 5.73. The molecule has 5 nitrogen and oxygen atoms in total. The van der Waals surface area contributed by atoms with Crippen LogP contribution in [0.3, 0.4) is 0 Å². The van der Waals surface area contributed by atoms with E-state index in [4.69, 9.17) is 4.74 Å². The fourth-order valence-corrected chi connectivity index (χ4v) is 1.44. The third kappa shape index (κ3) is 4.43. The molecule has 5 heteroatoms. The predicted molar refractivity (Wildman–Crippen MR) is 54.3 cm³/mol. The van der Waals surface area contributed by atoms with Crippen LogP contribution in [0.1, 0.15) is 12.8 Å². The molecule has 2 amide bonds. The molecule has 1 fully saturated rings. The number of nitrogens with one attached hydrogen (secondary N) is 3. The summed E-state index contributed by atoms with van der Waals surface area (Å²) >= 11 is 0. The second-order valence-corrected chi connectivity index (χ2v) is 3.33. The van der Waals surface area contributed by atoms with Gasteiger partial charge in [-0.2, -0.15) is 0 Å². The highest BCUT2D eigenvalue weighted by Gasteiger charge is 2.12. The lowest BCUT2D eigenvalue weighted by atomic mass is 10.1. The van der Waals surface area contributed by atoms with Crippen molar-refractivity contribution in [1.29, 1.82) is 0 Å². The van der Waals surface area contributed by atoms with Crippen LogP contribution in [0.5, 0.6) is 0 Å². The number of hydrogen-bond acceptors (Lipinski definition) is 3. The second kappa shape index (κ2) is 6.62. The molecule has 0 aromatic rings. The number of hydrogen-bond donors (Lipinski definition) is 3. The SMILES string of the molecule is CNC(=O)NCCOC1CCNCC1. The normalized spacial score (nSPS) is 17.8. The average Bonchev–Trinajstić information content (AvgIpc) is 2.25. The van der Waals surface area contributed by atoms with Gasteiger partial charge in [0.15, 0.2) is 0 Å². The average molecular weight is 201 g/mol. The minimum atomic E-state index is -0.154. The summed E-state index contributed by atoms with van der Waals surface area (Å²) in [7, 11) is 1.60. The number of rotatable bonds is 4. The standard InChI is InChI=1S/C9H19N3O2/c1-10-9(13)12-6-7-14-8-2-4-11-5-3-8/h8,11H,2-7H2,1H3,(H2,10,12,13). The van der Waals surface area contributed by atoms with Gasteiger partial charge in [-0.1, -0.05) is 0 Å².